The second kappa shape index (κ2) is 8.18. The Balaban J connectivity index is 2.20. The standard InChI is InChI=1S/C19H29N3O2/c1-13(2)18(23)21-15-10-11-17(22(3)4)16(12-15)19(24)20-14-8-6-5-7-9-14/h10-14H,5-9H2,1-4H3,(H,20,24)(H,21,23). The van der Waals surface area contributed by atoms with E-state index in [4.69, 9.17) is 0 Å². The number of amides is 2. The van der Waals surface area contributed by atoms with Crippen LogP contribution in [0.4, 0.5) is 11.4 Å². The summed E-state index contributed by atoms with van der Waals surface area (Å²) in [5, 5.41) is 6.02. The molecule has 24 heavy (non-hydrogen) atoms. The third-order valence-electron chi connectivity index (χ3n) is 4.46. The van der Waals surface area contributed by atoms with Crippen molar-refractivity contribution in [3.05, 3.63) is 23.8 Å². The number of nitrogens with zero attached hydrogens (tertiary/aromatic N) is 1. The van der Waals surface area contributed by atoms with E-state index in [0.717, 1.165) is 18.5 Å². The Morgan fingerprint density at radius 3 is 2.38 bits per heavy atom. The monoisotopic (exact) mass is 331 g/mol. The van der Waals surface area contributed by atoms with Crippen LogP contribution in [0, 0.1) is 5.92 Å². The van der Waals surface area contributed by atoms with E-state index in [2.05, 4.69) is 10.6 Å². The number of hydrogen-bond donors (Lipinski definition) is 2. The Kier molecular flexibility index (Phi) is 6.23. The Bertz CT molecular complexity index is 590. The van der Waals surface area contributed by atoms with Crippen LogP contribution in [0.25, 0.3) is 0 Å². The largest absolute Gasteiger partial charge is 0.377 e. The van der Waals surface area contributed by atoms with E-state index in [1.807, 2.05) is 45.0 Å². The Hall–Kier alpha value is -2.04. The molecule has 0 aromatic heterocycles. The van der Waals surface area contributed by atoms with Gasteiger partial charge in [0, 0.05) is 37.4 Å². The van der Waals surface area contributed by atoms with Crippen LogP contribution in [-0.4, -0.2) is 32.0 Å². The number of anilines is 2. The summed E-state index contributed by atoms with van der Waals surface area (Å²) in [5.74, 6) is -0.212. The van der Waals surface area contributed by atoms with Crippen molar-refractivity contribution in [1.29, 1.82) is 0 Å². The van der Waals surface area contributed by atoms with Crippen molar-refractivity contribution >= 4 is 23.2 Å². The zero-order chi connectivity index (χ0) is 17.7. The summed E-state index contributed by atoms with van der Waals surface area (Å²) < 4.78 is 0. The summed E-state index contributed by atoms with van der Waals surface area (Å²) >= 11 is 0. The molecule has 1 fully saturated rings. The Morgan fingerprint density at radius 2 is 1.79 bits per heavy atom. The molecule has 0 spiro atoms. The average Bonchev–Trinajstić information content (AvgIpc) is 2.55. The second-order valence-electron chi connectivity index (χ2n) is 7.08. The molecule has 0 unspecified atom stereocenters. The van der Waals surface area contributed by atoms with Gasteiger partial charge in [0.1, 0.15) is 0 Å². The molecule has 1 saturated carbocycles. The lowest BCUT2D eigenvalue weighted by Crippen LogP contribution is -2.36. The van der Waals surface area contributed by atoms with Gasteiger partial charge in [-0.2, -0.15) is 0 Å². The normalized spacial score (nSPS) is 15.2. The molecule has 0 radical (unpaired) electrons. The average molecular weight is 331 g/mol. The van der Waals surface area contributed by atoms with Gasteiger partial charge in [-0.3, -0.25) is 9.59 Å². The molecule has 0 saturated heterocycles. The van der Waals surface area contributed by atoms with Crippen LogP contribution in [0.5, 0.6) is 0 Å². The number of hydrogen-bond acceptors (Lipinski definition) is 3. The smallest absolute Gasteiger partial charge is 0.253 e. The van der Waals surface area contributed by atoms with Crippen molar-refractivity contribution < 1.29 is 9.59 Å². The SMILES string of the molecule is CC(C)C(=O)Nc1ccc(N(C)C)c(C(=O)NC2CCCCC2)c1. The fourth-order valence-electron chi connectivity index (χ4n) is 2.98. The predicted molar refractivity (Wildman–Crippen MR) is 98.6 cm³/mol. The number of benzene rings is 1. The van der Waals surface area contributed by atoms with E-state index >= 15 is 0 Å². The molecular weight excluding hydrogens is 302 g/mol. The number of nitrogens with one attached hydrogen (secondary N) is 2. The fourth-order valence-corrected chi connectivity index (χ4v) is 2.98. The van der Waals surface area contributed by atoms with Crippen molar-refractivity contribution in [3.63, 3.8) is 0 Å². The molecule has 1 aromatic carbocycles. The van der Waals surface area contributed by atoms with Gasteiger partial charge in [0.15, 0.2) is 0 Å². The Morgan fingerprint density at radius 1 is 1.12 bits per heavy atom. The highest BCUT2D eigenvalue weighted by atomic mass is 16.2. The second-order valence-corrected chi connectivity index (χ2v) is 7.08. The van der Waals surface area contributed by atoms with Crippen LogP contribution in [0.1, 0.15) is 56.3 Å². The molecule has 0 bridgehead atoms. The molecule has 5 nitrogen and oxygen atoms in total. The number of carbonyl (C=O) groups is 2. The van der Waals surface area contributed by atoms with Crippen molar-refractivity contribution in [2.75, 3.05) is 24.3 Å². The third-order valence-corrected chi connectivity index (χ3v) is 4.46. The van der Waals surface area contributed by atoms with Crippen LogP contribution >= 0.6 is 0 Å². The van der Waals surface area contributed by atoms with E-state index in [9.17, 15) is 9.59 Å². The molecule has 0 atom stereocenters. The van der Waals surface area contributed by atoms with Gasteiger partial charge in [0.2, 0.25) is 5.91 Å². The lowest BCUT2D eigenvalue weighted by Gasteiger charge is -2.24. The quantitative estimate of drug-likeness (QED) is 0.869. The third kappa shape index (κ3) is 4.73. The van der Waals surface area contributed by atoms with E-state index in [1.165, 1.54) is 19.3 Å². The minimum Gasteiger partial charge on any atom is -0.377 e. The molecule has 132 valence electrons. The van der Waals surface area contributed by atoms with E-state index in [-0.39, 0.29) is 23.8 Å². The molecule has 0 aliphatic heterocycles. The first kappa shape index (κ1) is 18.3. The van der Waals surface area contributed by atoms with Crippen LogP contribution < -0.4 is 15.5 Å². The first-order chi connectivity index (χ1) is 11.4. The minimum absolute atomic E-state index is 0.0498. The van der Waals surface area contributed by atoms with Crippen molar-refractivity contribution in [2.24, 2.45) is 5.92 Å². The fraction of sp³-hybridized carbons (Fsp3) is 0.579. The van der Waals surface area contributed by atoms with Gasteiger partial charge in [0.05, 0.1) is 5.56 Å². The van der Waals surface area contributed by atoms with Gasteiger partial charge in [-0.15, -0.1) is 0 Å². The lowest BCUT2D eigenvalue weighted by molar-refractivity contribution is -0.118. The number of rotatable bonds is 5. The van der Waals surface area contributed by atoms with Gasteiger partial charge in [0.25, 0.3) is 5.91 Å². The summed E-state index contributed by atoms with van der Waals surface area (Å²) in [7, 11) is 3.83. The topological polar surface area (TPSA) is 61.4 Å². The van der Waals surface area contributed by atoms with Crippen molar-refractivity contribution in [2.45, 2.75) is 52.0 Å². The molecule has 0 heterocycles. The highest BCUT2D eigenvalue weighted by molar-refractivity contribution is 6.02. The molecule has 1 aliphatic carbocycles. The molecule has 2 rings (SSSR count). The minimum atomic E-state index is -0.0990. The zero-order valence-electron chi connectivity index (χ0n) is 15.2. The van der Waals surface area contributed by atoms with Gasteiger partial charge in [-0.25, -0.2) is 0 Å². The number of carbonyl (C=O) groups excluding carboxylic acids is 2. The van der Waals surface area contributed by atoms with Crippen LogP contribution in [0.2, 0.25) is 0 Å². The maximum Gasteiger partial charge on any atom is 0.253 e. The molecule has 2 N–H and O–H groups in total. The highest BCUT2D eigenvalue weighted by Crippen LogP contribution is 2.25. The van der Waals surface area contributed by atoms with Gasteiger partial charge in [-0.1, -0.05) is 33.1 Å². The molecular formula is C19H29N3O2. The maximum absolute atomic E-state index is 12.8. The first-order valence-electron chi connectivity index (χ1n) is 8.81. The summed E-state index contributed by atoms with van der Waals surface area (Å²) in [6.07, 6.45) is 5.71. The zero-order valence-corrected chi connectivity index (χ0v) is 15.2. The van der Waals surface area contributed by atoms with Crippen molar-refractivity contribution in [1.82, 2.24) is 5.32 Å². The molecule has 1 aliphatic rings. The van der Waals surface area contributed by atoms with E-state index in [0.29, 0.717) is 11.3 Å². The van der Waals surface area contributed by atoms with Gasteiger partial charge >= 0.3 is 0 Å². The van der Waals surface area contributed by atoms with Gasteiger partial charge < -0.3 is 15.5 Å². The Labute approximate surface area is 144 Å². The molecule has 2 amide bonds. The van der Waals surface area contributed by atoms with E-state index < -0.39 is 0 Å². The first-order valence-corrected chi connectivity index (χ1v) is 8.81. The van der Waals surface area contributed by atoms with Crippen LogP contribution in [-0.2, 0) is 4.79 Å². The summed E-state index contributed by atoms with van der Waals surface area (Å²) in [6, 6.07) is 5.75. The van der Waals surface area contributed by atoms with E-state index in [1.54, 1.807) is 6.07 Å². The predicted octanol–water partition coefficient (Wildman–Crippen LogP) is 3.41. The lowest BCUT2D eigenvalue weighted by atomic mass is 9.95. The highest BCUT2D eigenvalue weighted by Gasteiger charge is 2.20. The van der Waals surface area contributed by atoms with Crippen LogP contribution in [0.15, 0.2) is 18.2 Å². The maximum atomic E-state index is 12.8. The molecule has 1 aromatic rings. The summed E-state index contributed by atoms with van der Waals surface area (Å²) in [5.41, 5.74) is 2.12. The molecule has 5 heteroatoms. The van der Waals surface area contributed by atoms with Crippen molar-refractivity contribution in [3.8, 4) is 0 Å². The van der Waals surface area contributed by atoms with Gasteiger partial charge in [-0.05, 0) is 31.0 Å². The summed E-state index contributed by atoms with van der Waals surface area (Å²) in [6.45, 7) is 3.69. The van der Waals surface area contributed by atoms with Crippen LogP contribution in [0.3, 0.4) is 0 Å². The summed E-state index contributed by atoms with van der Waals surface area (Å²) in [4.78, 5) is 26.6.